The van der Waals surface area contributed by atoms with Crippen molar-refractivity contribution in [3.8, 4) is 16.6 Å². The Balaban J connectivity index is 1.83. The summed E-state index contributed by atoms with van der Waals surface area (Å²) < 4.78 is 13.4. The Labute approximate surface area is 129 Å². The average Bonchev–Trinajstić information content (AvgIpc) is 3.12. The summed E-state index contributed by atoms with van der Waals surface area (Å²) >= 11 is 1.47. The van der Waals surface area contributed by atoms with Crippen molar-refractivity contribution >= 4 is 33.3 Å². The summed E-state index contributed by atoms with van der Waals surface area (Å²) in [5.41, 5.74) is 1.61. The molecular weight excluding hydrogens is 304 g/mol. The van der Waals surface area contributed by atoms with Crippen molar-refractivity contribution in [1.29, 1.82) is 0 Å². The van der Waals surface area contributed by atoms with Gasteiger partial charge in [-0.25, -0.2) is 4.98 Å². The maximum atomic E-state index is 11.3. The third-order valence-corrected chi connectivity index (χ3v) is 4.18. The number of carbonyl (C=O) groups is 1. The van der Waals surface area contributed by atoms with Gasteiger partial charge in [0.15, 0.2) is 11.5 Å². The topological polar surface area (TPSA) is 78.3 Å². The number of aromatic nitrogens is 3. The number of aryl methyl sites for hydroxylation is 1. The van der Waals surface area contributed by atoms with Gasteiger partial charge in [0, 0.05) is 25.1 Å². The second kappa shape index (κ2) is 4.70. The molecule has 0 aliphatic carbocycles. The van der Waals surface area contributed by atoms with E-state index in [-0.39, 0.29) is 12.7 Å². The minimum Gasteiger partial charge on any atom is -0.454 e. The van der Waals surface area contributed by atoms with Gasteiger partial charge in [0.1, 0.15) is 5.82 Å². The Hall–Kier alpha value is -2.61. The fraction of sp³-hybridized carbons (Fsp3) is 0.214. The second-order valence-corrected chi connectivity index (χ2v) is 5.94. The number of benzene rings is 1. The molecule has 3 aromatic rings. The standard InChI is InChI=1S/C14H12N4O3S/c1-7-3-13(15-8(2)19)18(17-7)14-16-9-4-10-11(21-6-20-10)5-12(9)22-14/h3-5H,6H2,1-2H3,(H,15,19). The van der Waals surface area contributed by atoms with Crippen LogP contribution in [0.1, 0.15) is 12.6 Å². The number of rotatable bonds is 2. The van der Waals surface area contributed by atoms with Gasteiger partial charge >= 0.3 is 0 Å². The molecular formula is C14H12N4O3S. The molecule has 1 aromatic carbocycles. The minimum absolute atomic E-state index is 0.150. The van der Waals surface area contributed by atoms with Crippen LogP contribution in [0, 0.1) is 6.92 Å². The molecule has 0 saturated carbocycles. The molecule has 1 aliphatic heterocycles. The van der Waals surface area contributed by atoms with E-state index in [1.165, 1.54) is 18.3 Å². The Morgan fingerprint density at radius 1 is 1.32 bits per heavy atom. The highest BCUT2D eigenvalue weighted by Crippen LogP contribution is 2.38. The zero-order valence-electron chi connectivity index (χ0n) is 11.9. The second-order valence-electron chi connectivity index (χ2n) is 4.93. The Morgan fingerprint density at radius 2 is 2.09 bits per heavy atom. The predicted molar refractivity (Wildman–Crippen MR) is 81.9 cm³/mol. The number of nitrogens with one attached hydrogen (secondary N) is 1. The van der Waals surface area contributed by atoms with E-state index in [9.17, 15) is 4.79 Å². The summed E-state index contributed by atoms with van der Waals surface area (Å²) in [5, 5.41) is 7.83. The Morgan fingerprint density at radius 3 is 2.86 bits per heavy atom. The molecule has 4 rings (SSSR count). The number of anilines is 1. The number of thiazole rings is 1. The van der Waals surface area contributed by atoms with Gasteiger partial charge in [-0.15, -0.1) is 0 Å². The molecule has 3 heterocycles. The summed E-state index contributed by atoms with van der Waals surface area (Å²) in [5.74, 6) is 1.87. The number of nitrogens with zero attached hydrogens (tertiary/aromatic N) is 3. The van der Waals surface area contributed by atoms with Gasteiger partial charge in [-0.1, -0.05) is 11.3 Å². The minimum atomic E-state index is -0.150. The van der Waals surface area contributed by atoms with Crippen molar-refractivity contribution in [2.75, 3.05) is 12.1 Å². The third kappa shape index (κ3) is 2.08. The maximum absolute atomic E-state index is 11.3. The Bertz CT molecular complexity index is 858. The summed E-state index contributed by atoms with van der Waals surface area (Å²) in [7, 11) is 0. The molecule has 8 heteroatoms. The first kappa shape index (κ1) is 13.1. The largest absolute Gasteiger partial charge is 0.454 e. The van der Waals surface area contributed by atoms with Gasteiger partial charge < -0.3 is 14.8 Å². The molecule has 0 spiro atoms. The van der Waals surface area contributed by atoms with Crippen molar-refractivity contribution in [1.82, 2.24) is 14.8 Å². The van der Waals surface area contributed by atoms with Crippen molar-refractivity contribution in [3.63, 3.8) is 0 Å². The molecule has 7 nitrogen and oxygen atoms in total. The summed E-state index contributed by atoms with van der Waals surface area (Å²) in [4.78, 5) is 15.9. The van der Waals surface area contributed by atoms with Crippen LogP contribution in [-0.4, -0.2) is 27.5 Å². The molecule has 0 fully saturated rings. The molecule has 0 unspecified atom stereocenters. The average molecular weight is 316 g/mol. The SMILES string of the molecule is CC(=O)Nc1cc(C)nn1-c1nc2cc3c(cc2s1)OCO3. The van der Waals surface area contributed by atoms with Crippen LogP contribution in [0.5, 0.6) is 11.5 Å². The highest BCUT2D eigenvalue weighted by molar-refractivity contribution is 7.20. The van der Waals surface area contributed by atoms with Crippen molar-refractivity contribution in [3.05, 3.63) is 23.9 Å². The number of hydrogen-bond acceptors (Lipinski definition) is 6. The fourth-order valence-corrected chi connectivity index (χ4v) is 3.25. The molecule has 0 atom stereocenters. The van der Waals surface area contributed by atoms with Crippen LogP contribution < -0.4 is 14.8 Å². The van der Waals surface area contributed by atoms with E-state index in [2.05, 4.69) is 15.4 Å². The smallest absolute Gasteiger partial charge is 0.231 e. The van der Waals surface area contributed by atoms with Gasteiger partial charge in [0.05, 0.1) is 15.9 Å². The van der Waals surface area contributed by atoms with Crippen LogP contribution in [0.15, 0.2) is 18.2 Å². The molecule has 0 saturated heterocycles. The van der Waals surface area contributed by atoms with E-state index in [4.69, 9.17) is 9.47 Å². The first-order valence-electron chi connectivity index (χ1n) is 6.65. The van der Waals surface area contributed by atoms with E-state index in [0.717, 1.165) is 21.7 Å². The number of hydrogen-bond donors (Lipinski definition) is 1. The molecule has 2 aromatic heterocycles. The van der Waals surface area contributed by atoms with Crippen LogP contribution in [0.25, 0.3) is 15.3 Å². The van der Waals surface area contributed by atoms with Gasteiger partial charge in [-0.05, 0) is 6.92 Å². The van der Waals surface area contributed by atoms with E-state index in [1.807, 2.05) is 19.1 Å². The van der Waals surface area contributed by atoms with Crippen LogP contribution in [0.4, 0.5) is 5.82 Å². The lowest BCUT2D eigenvalue weighted by Crippen LogP contribution is -2.10. The predicted octanol–water partition coefficient (Wildman–Crippen LogP) is 2.48. The molecule has 0 bridgehead atoms. The summed E-state index contributed by atoms with van der Waals surface area (Å²) in [6.07, 6.45) is 0. The third-order valence-electron chi connectivity index (χ3n) is 3.19. The normalized spacial score (nSPS) is 12.8. The first-order chi connectivity index (χ1) is 10.6. The molecule has 1 amide bonds. The molecule has 1 aliphatic rings. The molecule has 112 valence electrons. The van der Waals surface area contributed by atoms with Gasteiger partial charge in [0.2, 0.25) is 17.8 Å². The van der Waals surface area contributed by atoms with E-state index in [0.29, 0.717) is 16.7 Å². The number of carbonyl (C=O) groups excluding carboxylic acids is 1. The quantitative estimate of drug-likeness (QED) is 0.786. The van der Waals surface area contributed by atoms with Crippen molar-refractivity contribution < 1.29 is 14.3 Å². The highest BCUT2D eigenvalue weighted by atomic mass is 32.1. The number of ether oxygens (including phenoxy) is 2. The van der Waals surface area contributed by atoms with Gasteiger partial charge in [0.25, 0.3) is 0 Å². The van der Waals surface area contributed by atoms with Gasteiger partial charge in [-0.2, -0.15) is 9.78 Å². The van der Waals surface area contributed by atoms with Crippen molar-refractivity contribution in [2.45, 2.75) is 13.8 Å². The lowest BCUT2D eigenvalue weighted by Gasteiger charge is -2.03. The van der Waals surface area contributed by atoms with E-state index in [1.54, 1.807) is 10.7 Å². The van der Waals surface area contributed by atoms with Crippen LogP contribution in [0.3, 0.4) is 0 Å². The van der Waals surface area contributed by atoms with Crippen LogP contribution in [-0.2, 0) is 4.79 Å². The molecule has 0 radical (unpaired) electrons. The monoisotopic (exact) mass is 316 g/mol. The lowest BCUT2D eigenvalue weighted by atomic mass is 10.3. The van der Waals surface area contributed by atoms with Crippen LogP contribution in [0.2, 0.25) is 0 Å². The van der Waals surface area contributed by atoms with E-state index < -0.39 is 0 Å². The number of amides is 1. The molecule has 1 N–H and O–H groups in total. The van der Waals surface area contributed by atoms with Crippen LogP contribution >= 0.6 is 11.3 Å². The maximum Gasteiger partial charge on any atom is 0.231 e. The number of fused-ring (bicyclic) bond motifs is 2. The van der Waals surface area contributed by atoms with E-state index >= 15 is 0 Å². The lowest BCUT2D eigenvalue weighted by molar-refractivity contribution is -0.114. The summed E-state index contributed by atoms with van der Waals surface area (Å²) in [6.45, 7) is 3.57. The summed E-state index contributed by atoms with van der Waals surface area (Å²) in [6, 6.07) is 5.57. The fourth-order valence-electron chi connectivity index (χ4n) is 2.31. The zero-order valence-corrected chi connectivity index (χ0v) is 12.7. The molecule has 22 heavy (non-hydrogen) atoms. The van der Waals surface area contributed by atoms with Gasteiger partial charge in [-0.3, -0.25) is 4.79 Å². The Kier molecular flexibility index (Phi) is 2.80. The zero-order chi connectivity index (χ0) is 15.3. The van der Waals surface area contributed by atoms with Crippen molar-refractivity contribution in [2.24, 2.45) is 0 Å². The first-order valence-corrected chi connectivity index (χ1v) is 7.46. The highest BCUT2D eigenvalue weighted by Gasteiger charge is 2.18.